The van der Waals surface area contributed by atoms with Crippen molar-refractivity contribution >= 4 is 57.3 Å². The Balaban J connectivity index is 1.48. The van der Waals surface area contributed by atoms with Gasteiger partial charge >= 0.3 is 0 Å². The fourth-order valence-electron chi connectivity index (χ4n) is 2.04. The van der Waals surface area contributed by atoms with Crippen LogP contribution in [0.5, 0.6) is 5.75 Å². The van der Waals surface area contributed by atoms with E-state index in [1.807, 2.05) is 0 Å². The summed E-state index contributed by atoms with van der Waals surface area (Å²) in [5.74, 6) is 0.844. The Morgan fingerprint density at radius 3 is 2.70 bits per heavy atom. The summed E-state index contributed by atoms with van der Waals surface area (Å²) in [5.41, 5.74) is 2.44. The highest BCUT2D eigenvalue weighted by Gasteiger charge is 2.11. The molecule has 5 nitrogen and oxygen atoms in total. The molecule has 140 valence electrons. The zero-order chi connectivity index (χ0) is 19.2. The molecule has 0 radical (unpaired) electrons. The molecule has 1 aromatic heterocycles. The van der Waals surface area contributed by atoms with Gasteiger partial charge in [-0.3, -0.25) is 10.1 Å². The van der Waals surface area contributed by atoms with Gasteiger partial charge in [-0.2, -0.15) is 0 Å². The summed E-state index contributed by atoms with van der Waals surface area (Å²) in [5, 5.41) is 12.0. The molecule has 0 saturated heterocycles. The van der Waals surface area contributed by atoms with Crippen LogP contribution in [-0.2, 0) is 10.5 Å². The van der Waals surface area contributed by atoms with Gasteiger partial charge in [-0.25, -0.2) is 0 Å². The van der Waals surface area contributed by atoms with Crippen LogP contribution in [0, 0.1) is 6.92 Å². The zero-order valence-corrected chi connectivity index (χ0v) is 17.4. The summed E-state index contributed by atoms with van der Waals surface area (Å²) in [4.78, 5) is 12.0. The Kier molecular flexibility index (Phi) is 6.95. The fourth-order valence-corrected chi connectivity index (χ4v) is 4.23. The number of aromatic nitrogens is 2. The first kappa shape index (κ1) is 19.9. The lowest BCUT2D eigenvalue weighted by Crippen LogP contribution is -2.20. The largest absolute Gasteiger partial charge is 0.482 e. The lowest BCUT2D eigenvalue weighted by molar-refractivity contribution is -0.118. The molecule has 0 fully saturated rings. The minimum Gasteiger partial charge on any atom is -0.482 e. The molecule has 0 atom stereocenters. The first-order valence-corrected chi connectivity index (χ1v) is 10.4. The van der Waals surface area contributed by atoms with Crippen molar-refractivity contribution in [2.75, 3.05) is 11.9 Å². The van der Waals surface area contributed by atoms with Crippen molar-refractivity contribution in [2.24, 2.45) is 0 Å². The standard InChI is InChI=1S/C18H15Cl2N3O2S2/c1-11-2-4-12(5-3-11)10-26-18-23-22-17(27-18)21-16(24)9-25-15-7-6-13(19)8-14(15)20/h2-8H,9-10H2,1H3,(H,21,22,24). The number of anilines is 1. The van der Waals surface area contributed by atoms with Crippen LogP contribution in [0.2, 0.25) is 10.0 Å². The smallest absolute Gasteiger partial charge is 0.264 e. The molecule has 0 aliphatic rings. The number of hydrogen-bond donors (Lipinski definition) is 1. The predicted molar refractivity (Wildman–Crippen MR) is 111 cm³/mol. The van der Waals surface area contributed by atoms with Crippen molar-refractivity contribution in [3.8, 4) is 5.75 Å². The first-order valence-electron chi connectivity index (χ1n) is 7.89. The third-order valence-electron chi connectivity index (χ3n) is 3.39. The number of nitrogens with one attached hydrogen (secondary N) is 1. The molecule has 0 aliphatic carbocycles. The fraction of sp³-hybridized carbons (Fsp3) is 0.167. The predicted octanol–water partition coefficient (Wildman–Crippen LogP) is 5.46. The van der Waals surface area contributed by atoms with Crippen LogP contribution in [0.25, 0.3) is 0 Å². The van der Waals surface area contributed by atoms with Crippen LogP contribution >= 0.6 is 46.3 Å². The van der Waals surface area contributed by atoms with Crippen molar-refractivity contribution in [2.45, 2.75) is 17.0 Å². The van der Waals surface area contributed by atoms with Crippen LogP contribution < -0.4 is 10.1 Å². The molecular formula is C18H15Cl2N3O2S2. The van der Waals surface area contributed by atoms with Gasteiger partial charge < -0.3 is 4.74 Å². The summed E-state index contributed by atoms with van der Waals surface area (Å²) >= 11 is 14.7. The van der Waals surface area contributed by atoms with Crippen LogP contribution in [-0.4, -0.2) is 22.7 Å². The number of benzene rings is 2. The number of halogens is 2. The van der Waals surface area contributed by atoms with Gasteiger partial charge in [0.15, 0.2) is 10.9 Å². The van der Waals surface area contributed by atoms with Crippen molar-refractivity contribution < 1.29 is 9.53 Å². The van der Waals surface area contributed by atoms with Crippen LogP contribution in [0.4, 0.5) is 5.13 Å². The summed E-state index contributed by atoms with van der Waals surface area (Å²) in [6.07, 6.45) is 0. The van der Waals surface area contributed by atoms with Crippen LogP contribution in [0.15, 0.2) is 46.8 Å². The van der Waals surface area contributed by atoms with Gasteiger partial charge in [0.05, 0.1) is 5.02 Å². The Morgan fingerprint density at radius 1 is 1.19 bits per heavy atom. The summed E-state index contributed by atoms with van der Waals surface area (Å²) in [6, 6.07) is 13.1. The molecule has 0 saturated carbocycles. The third-order valence-corrected chi connectivity index (χ3v) is 5.96. The number of carbonyl (C=O) groups is 1. The van der Waals surface area contributed by atoms with Gasteiger partial charge in [0.25, 0.3) is 5.91 Å². The number of carbonyl (C=O) groups excluding carboxylic acids is 1. The molecule has 3 aromatic rings. The molecule has 1 N–H and O–H groups in total. The Hall–Kier alpha value is -1.80. The topological polar surface area (TPSA) is 64.1 Å². The van der Waals surface area contributed by atoms with Crippen molar-refractivity contribution in [3.05, 3.63) is 63.6 Å². The molecule has 3 rings (SSSR count). The van der Waals surface area contributed by atoms with Gasteiger partial charge in [0.1, 0.15) is 5.75 Å². The Labute approximate surface area is 175 Å². The average Bonchev–Trinajstić information content (AvgIpc) is 3.08. The molecule has 1 heterocycles. The average molecular weight is 440 g/mol. The van der Waals surface area contributed by atoms with Crippen molar-refractivity contribution in [1.82, 2.24) is 10.2 Å². The van der Waals surface area contributed by atoms with E-state index >= 15 is 0 Å². The molecule has 27 heavy (non-hydrogen) atoms. The van der Waals surface area contributed by atoms with Gasteiger partial charge in [0.2, 0.25) is 5.13 Å². The highest BCUT2D eigenvalue weighted by Crippen LogP contribution is 2.29. The monoisotopic (exact) mass is 439 g/mol. The SMILES string of the molecule is Cc1ccc(CSc2nnc(NC(=O)COc3ccc(Cl)cc3Cl)s2)cc1. The van der Waals surface area contributed by atoms with Gasteiger partial charge in [-0.15, -0.1) is 10.2 Å². The van der Waals surface area contributed by atoms with Crippen molar-refractivity contribution in [3.63, 3.8) is 0 Å². The summed E-state index contributed by atoms with van der Waals surface area (Å²) in [6.45, 7) is 1.87. The molecule has 1 amide bonds. The van der Waals surface area contributed by atoms with Gasteiger partial charge in [0, 0.05) is 10.8 Å². The number of ether oxygens (including phenoxy) is 1. The number of amides is 1. The quantitative estimate of drug-likeness (QED) is 0.390. The summed E-state index contributed by atoms with van der Waals surface area (Å²) in [7, 11) is 0. The number of hydrogen-bond acceptors (Lipinski definition) is 6. The van der Waals surface area contributed by atoms with E-state index < -0.39 is 0 Å². The van der Waals surface area contributed by atoms with E-state index in [0.29, 0.717) is 20.9 Å². The second-order valence-electron chi connectivity index (χ2n) is 5.56. The Bertz CT molecular complexity index is 933. The highest BCUT2D eigenvalue weighted by molar-refractivity contribution is 8.00. The number of thioether (sulfide) groups is 1. The van der Waals surface area contributed by atoms with E-state index in [0.717, 1.165) is 10.1 Å². The molecular weight excluding hydrogens is 425 g/mol. The number of aryl methyl sites for hydroxylation is 1. The minimum absolute atomic E-state index is 0.188. The molecule has 2 aromatic carbocycles. The minimum atomic E-state index is -0.341. The molecule has 9 heteroatoms. The molecule has 0 spiro atoms. The number of nitrogens with zero attached hydrogens (tertiary/aromatic N) is 2. The van der Waals surface area contributed by atoms with Gasteiger partial charge in [-0.1, -0.05) is 76.1 Å². The van der Waals surface area contributed by atoms with Crippen molar-refractivity contribution in [1.29, 1.82) is 0 Å². The van der Waals surface area contributed by atoms with Crippen LogP contribution in [0.1, 0.15) is 11.1 Å². The molecule has 0 aliphatic heterocycles. The van der Waals surface area contributed by atoms with E-state index in [9.17, 15) is 4.79 Å². The van der Waals surface area contributed by atoms with E-state index in [-0.39, 0.29) is 12.5 Å². The number of rotatable bonds is 7. The normalized spacial score (nSPS) is 10.6. The lowest BCUT2D eigenvalue weighted by Gasteiger charge is -2.07. The lowest BCUT2D eigenvalue weighted by atomic mass is 10.2. The molecule has 0 bridgehead atoms. The molecule has 0 unspecified atom stereocenters. The van der Waals surface area contributed by atoms with Gasteiger partial charge in [-0.05, 0) is 30.7 Å². The third kappa shape index (κ3) is 6.10. The van der Waals surface area contributed by atoms with E-state index in [1.54, 1.807) is 30.0 Å². The van der Waals surface area contributed by atoms with E-state index in [2.05, 4.69) is 46.7 Å². The Morgan fingerprint density at radius 2 is 1.96 bits per heavy atom. The highest BCUT2D eigenvalue weighted by atomic mass is 35.5. The maximum Gasteiger partial charge on any atom is 0.264 e. The zero-order valence-electron chi connectivity index (χ0n) is 14.2. The van der Waals surface area contributed by atoms with E-state index in [4.69, 9.17) is 27.9 Å². The maximum atomic E-state index is 12.0. The van der Waals surface area contributed by atoms with Crippen LogP contribution in [0.3, 0.4) is 0 Å². The first-order chi connectivity index (χ1) is 13.0. The maximum absolute atomic E-state index is 12.0. The second kappa shape index (κ2) is 9.41. The summed E-state index contributed by atoms with van der Waals surface area (Å²) < 4.78 is 6.18. The van der Waals surface area contributed by atoms with E-state index in [1.165, 1.54) is 22.5 Å². The second-order valence-corrected chi connectivity index (χ2v) is 8.60.